The van der Waals surface area contributed by atoms with Gasteiger partial charge in [0.1, 0.15) is 11.4 Å². The van der Waals surface area contributed by atoms with Crippen LogP contribution in [-0.4, -0.2) is 48.4 Å². The number of benzene rings is 2. The van der Waals surface area contributed by atoms with Crippen LogP contribution in [0.1, 0.15) is 36.8 Å². The zero-order valence-corrected chi connectivity index (χ0v) is 20.5. The van der Waals surface area contributed by atoms with Crippen molar-refractivity contribution in [2.45, 2.75) is 38.8 Å². The first-order valence-electron chi connectivity index (χ1n) is 12.3. The summed E-state index contributed by atoms with van der Waals surface area (Å²) in [5, 5.41) is 0.433. The van der Waals surface area contributed by atoms with E-state index in [2.05, 4.69) is 0 Å². The minimum absolute atomic E-state index is 0.000879. The average molecular weight is 495 g/mol. The number of carbonyl (C=O) groups is 2. The van der Waals surface area contributed by atoms with Gasteiger partial charge in [-0.1, -0.05) is 37.1 Å². The van der Waals surface area contributed by atoms with Gasteiger partial charge >= 0.3 is 0 Å². The number of fused-ring (bicyclic) bond motifs is 1. The van der Waals surface area contributed by atoms with Gasteiger partial charge in [0.15, 0.2) is 5.43 Å². The Morgan fingerprint density at radius 3 is 2.47 bits per heavy atom. The standard InChI is InChI=1S/C28H31FN2O5/c1-35-15-14-30(28(34)21-6-2-3-7-21)18-26(32)31(16-20-10-12-23(29)13-11-20)17-22-19-36-25-9-5-4-8-24(25)27(22)33/h4-5,8-13,19,21H,2-3,6-7,14-18H2,1H3. The molecule has 0 saturated heterocycles. The predicted molar refractivity (Wildman–Crippen MR) is 134 cm³/mol. The van der Waals surface area contributed by atoms with E-state index in [1.165, 1.54) is 23.3 Å². The molecule has 1 heterocycles. The number of methoxy groups -OCH3 is 1. The van der Waals surface area contributed by atoms with E-state index in [9.17, 15) is 18.8 Å². The van der Waals surface area contributed by atoms with Gasteiger partial charge in [-0.25, -0.2) is 4.39 Å². The van der Waals surface area contributed by atoms with Gasteiger partial charge in [0, 0.05) is 26.1 Å². The van der Waals surface area contributed by atoms with Gasteiger partial charge in [-0.2, -0.15) is 0 Å². The highest BCUT2D eigenvalue weighted by atomic mass is 19.1. The molecule has 0 atom stereocenters. The van der Waals surface area contributed by atoms with Gasteiger partial charge in [0.05, 0.1) is 36.9 Å². The summed E-state index contributed by atoms with van der Waals surface area (Å²) < 4.78 is 24.3. The van der Waals surface area contributed by atoms with Crippen LogP contribution >= 0.6 is 0 Å². The molecule has 4 rings (SSSR count). The highest BCUT2D eigenvalue weighted by Crippen LogP contribution is 2.26. The molecule has 1 aromatic heterocycles. The summed E-state index contributed by atoms with van der Waals surface area (Å²) in [5.74, 6) is -0.799. The summed E-state index contributed by atoms with van der Waals surface area (Å²) in [6, 6.07) is 12.8. The van der Waals surface area contributed by atoms with E-state index in [1.54, 1.807) is 48.4 Å². The lowest BCUT2D eigenvalue weighted by atomic mass is 10.1. The van der Waals surface area contributed by atoms with Crippen LogP contribution in [0, 0.1) is 11.7 Å². The van der Waals surface area contributed by atoms with Crippen molar-refractivity contribution in [3.63, 3.8) is 0 Å². The fourth-order valence-electron chi connectivity index (χ4n) is 4.64. The maximum Gasteiger partial charge on any atom is 0.242 e. The van der Waals surface area contributed by atoms with Gasteiger partial charge in [-0.05, 0) is 42.7 Å². The molecule has 2 amide bonds. The smallest absolute Gasteiger partial charge is 0.242 e. The number of para-hydroxylation sites is 1. The molecule has 0 aliphatic heterocycles. The van der Waals surface area contributed by atoms with Crippen LogP contribution in [0.4, 0.5) is 4.39 Å². The Balaban J connectivity index is 1.59. The molecule has 1 aliphatic rings. The molecule has 0 unspecified atom stereocenters. The first-order valence-corrected chi connectivity index (χ1v) is 12.3. The van der Waals surface area contributed by atoms with Crippen LogP contribution in [0.25, 0.3) is 11.0 Å². The van der Waals surface area contributed by atoms with Crippen LogP contribution in [0.5, 0.6) is 0 Å². The molecule has 0 spiro atoms. The maximum absolute atomic E-state index is 13.6. The van der Waals surface area contributed by atoms with E-state index in [-0.39, 0.29) is 48.6 Å². The number of hydrogen-bond donors (Lipinski definition) is 0. The molecule has 3 aromatic rings. The quantitative estimate of drug-likeness (QED) is 0.424. The molecule has 7 nitrogen and oxygen atoms in total. The van der Waals surface area contributed by atoms with Gasteiger partial charge in [-0.3, -0.25) is 14.4 Å². The van der Waals surface area contributed by atoms with Crippen LogP contribution in [0.15, 0.2) is 64.0 Å². The summed E-state index contributed by atoms with van der Waals surface area (Å²) >= 11 is 0. The zero-order chi connectivity index (χ0) is 25.5. The molecular weight excluding hydrogens is 463 g/mol. The molecule has 0 radical (unpaired) electrons. The van der Waals surface area contributed by atoms with Gasteiger partial charge in [0.25, 0.3) is 0 Å². The summed E-state index contributed by atoms with van der Waals surface area (Å²) in [6.45, 7) is 0.650. The van der Waals surface area contributed by atoms with Gasteiger partial charge in [-0.15, -0.1) is 0 Å². The van der Waals surface area contributed by atoms with Crippen molar-refractivity contribution in [3.8, 4) is 0 Å². The summed E-state index contributed by atoms with van der Waals surface area (Å²) in [7, 11) is 1.56. The molecule has 0 N–H and O–H groups in total. The predicted octanol–water partition coefficient (Wildman–Crippen LogP) is 4.13. The molecule has 1 aliphatic carbocycles. The molecule has 1 saturated carbocycles. The number of nitrogens with zero attached hydrogens (tertiary/aromatic N) is 2. The second-order valence-electron chi connectivity index (χ2n) is 9.20. The zero-order valence-electron chi connectivity index (χ0n) is 20.5. The van der Waals surface area contributed by atoms with Crippen molar-refractivity contribution in [1.29, 1.82) is 0 Å². The summed E-state index contributed by atoms with van der Waals surface area (Å²) in [5.41, 5.74) is 1.29. The van der Waals surface area contributed by atoms with Crippen LogP contribution < -0.4 is 5.43 Å². The molecule has 1 fully saturated rings. The van der Waals surface area contributed by atoms with Crippen LogP contribution in [0.3, 0.4) is 0 Å². The third-order valence-electron chi connectivity index (χ3n) is 6.66. The number of ether oxygens (including phenoxy) is 1. The minimum atomic E-state index is -0.375. The number of halogens is 1. The lowest BCUT2D eigenvalue weighted by Gasteiger charge is -2.29. The van der Waals surface area contributed by atoms with Crippen molar-refractivity contribution in [2.75, 3.05) is 26.8 Å². The Labute approximate surface area is 209 Å². The van der Waals surface area contributed by atoms with E-state index >= 15 is 0 Å². The average Bonchev–Trinajstić information content (AvgIpc) is 3.43. The Morgan fingerprint density at radius 2 is 1.75 bits per heavy atom. The van der Waals surface area contributed by atoms with Crippen molar-refractivity contribution < 1.29 is 23.1 Å². The Bertz CT molecular complexity index is 1250. The van der Waals surface area contributed by atoms with Gasteiger partial charge < -0.3 is 19.0 Å². The summed E-state index contributed by atoms with van der Waals surface area (Å²) in [4.78, 5) is 42.9. The van der Waals surface area contributed by atoms with E-state index in [4.69, 9.17) is 9.15 Å². The van der Waals surface area contributed by atoms with E-state index in [0.717, 1.165) is 25.7 Å². The molecule has 190 valence electrons. The van der Waals surface area contributed by atoms with E-state index in [1.807, 2.05) is 0 Å². The van der Waals surface area contributed by atoms with Crippen molar-refractivity contribution in [3.05, 3.63) is 82.0 Å². The first kappa shape index (κ1) is 25.6. The normalized spacial score (nSPS) is 13.7. The largest absolute Gasteiger partial charge is 0.464 e. The monoisotopic (exact) mass is 494 g/mol. The van der Waals surface area contributed by atoms with E-state index < -0.39 is 0 Å². The Hall–Kier alpha value is -3.52. The molecular formula is C28H31FN2O5. The maximum atomic E-state index is 13.6. The highest BCUT2D eigenvalue weighted by Gasteiger charge is 2.29. The van der Waals surface area contributed by atoms with Crippen LogP contribution in [-0.2, 0) is 27.4 Å². The Kier molecular flexibility index (Phi) is 8.48. The topological polar surface area (TPSA) is 80.1 Å². The molecule has 0 bridgehead atoms. The highest BCUT2D eigenvalue weighted by molar-refractivity contribution is 5.86. The third-order valence-corrected chi connectivity index (χ3v) is 6.66. The third kappa shape index (κ3) is 6.18. The Morgan fingerprint density at radius 1 is 1.03 bits per heavy atom. The van der Waals surface area contributed by atoms with Gasteiger partial charge in [0.2, 0.25) is 11.8 Å². The van der Waals surface area contributed by atoms with Crippen molar-refractivity contribution >= 4 is 22.8 Å². The second kappa shape index (κ2) is 11.9. The lowest BCUT2D eigenvalue weighted by molar-refractivity contribution is -0.144. The molecule has 2 aromatic carbocycles. The molecule has 8 heteroatoms. The van der Waals surface area contributed by atoms with E-state index in [0.29, 0.717) is 35.2 Å². The lowest BCUT2D eigenvalue weighted by Crippen LogP contribution is -2.45. The SMILES string of the molecule is COCCN(CC(=O)N(Cc1ccc(F)cc1)Cc1coc2ccccc2c1=O)C(=O)C1CCCC1. The molecule has 36 heavy (non-hydrogen) atoms. The number of hydrogen-bond acceptors (Lipinski definition) is 5. The number of carbonyl (C=O) groups excluding carboxylic acids is 2. The fourth-order valence-corrected chi connectivity index (χ4v) is 4.64. The number of amides is 2. The minimum Gasteiger partial charge on any atom is -0.464 e. The second-order valence-corrected chi connectivity index (χ2v) is 9.20. The summed E-state index contributed by atoms with van der Waals surface area (Å²) in [6.07, 6.45) is 5.05. The van der Waals surface area contributed by atoms with Crippen molar-refractivity contribution in [2.24, 2.45) is 5.92 Å². The fraction of sp³-hybridized carbons (Fsp3) is 0.393. The number of rotatable bonds is 10. The first-order chi connectivity index (χ1) is 17.5. The van der Waals surface area contributed by atoms with Crippen LogP contribution in [0.2, 0.25) is 0 Å². The van der Waals surface area contributed by atoms with Crippen molar-refractivity contribution in [1.82, 2.24) is 9.80 Å².